The second-order valence-corrected chi connectivity index (χ2v) is 4.49. The highest BCUT2D eigenvalue weighted by Gasteiger charge is 2.02. The zero-order chi connectivity index (χ0) is 13.8. The molecule has 0 aliphatic heterocycles. The van der Waals surface area contributed by atoms with Crippen molar-refractivity contribution in [3.05, 3.63) is 55.0 Å². The van der Waals surface area contributed by atoms with Crippen molar-refractivity contribution < 1.29 is 0 Å². The van der Waals surface area contributed by atoms with Gasteiger partial charge in [-0.3, -0.25) is 9.97 Å². The van der Waals surface area contributed by atoms with Crippen LogP contribution in [0.5, 0.6) is 0 Å². The molecular formula is C16H16N4. The van der Waals surface area contributed by atoms with Gasteiger partial charge in [-0.2, -0.15) is 0 Å². The molecule has 100 valence electrons. The van der Waals surface area contributed by atoms with E-state index in [1.165, 1.54) is 0 Å². The summed E-state index contributed by atoms with van der Waals surface area (Å²) in [6.07, 6.45) is 5.44. The fourth-order valence-corrected chi connectivity index (χ4v) is 2.18. The Morgan fingerprint density at radius 2 is 1.95 bits per heavy atom. The topological polar surface area (TPSA) is 49.8 Å². The largest absolute Gasteiger partial charge is 0.384 e. The first-order chi connectivity index (χ1) is 9.86. The Morgan fingerprint density at radius 1 is 1.05 bits per heavy atom. The summed E-state index contributed by atoms with van der Waals surface area (Å²) in [4.78, 5) is 8.60. The highest BCUT2D eigenvalue weighted by Crippen LogP contribution is 2.25. The van der Waals surface area contributed by atoms with Crippen LogP contribution in [-0.4, -0.2) is 16.5 Å². The summed E-state index contributed by atoms with van der Waals surface area (Å²) in [6, 6.07) is 12.1. The summed E-state index contributed by atoms with van der Waals surface area (Å²) in [5.41, 5.74) is 3.98. The number of aromatic nitrogens is 2. The molecule has 3 rings (SSSR count). The molecule has 0 saturated carbocycles. The van der Waals surface area contributed by atoms with Gasteiger partial charge < -0.3 is 10.6 Å². The van der Waals surface area contributed by atoms with Crippen molar-refractivity contribution in [3.8, 4) is 0 Å². The maximum absolute atomic E-state index is 4.36. The quantitative estimate of drug-likeness (QED) is 0.752. The molecule has 2 N–H and O–H groups in total. The average Bonchev–Trinajstić information content (AvgIpc) is 2.48. The maximum atomic E-state index is 4.36. The Balaban J connectivity index is 1.95. The summed E-state index contributed by atoms with van der Waals surface area (Å²) in [7, 11) is 0. The first kappa shape index (κ1) is 12.4. The van der Waals surface area contributed by atoms with E-state index in [2.05, 4.69) is 33.6 Å². The van der Waals surface area contributed by atoms with Gasteiger partial charge in [-0.05, 0) is 37.3 Å². The number of fused-ring (bicyclic) bond motifs is 1. The Bertz CT molecular complexity index is 719. The van der Waals surface area contributed by atoms with E-state index in [0.717, 1.165) is 34.5 Å². The zero-order valence-corrected chi connectivity index (χ0v) is 11.3. The molecule has 4 nitrogen and oxygen atoms in total. The van der Waals surface area contributed by atoms with Crippen molar-refractivity contribution in [2.45, 2.75) is 6.92 Å². The van der Waals surface area contributed by atoms with E-state index in [0.29, 0.717) is 0 Å². The molecule has 0 amide bonds. The monoisotopic (exact) mass is 264 g/mol. The van der Waals surface area contributed by atoms with Crippen molar-refractivity contribution >= 4 is 28.0 Å². The van der Waals surface area contributed by atoms with Crippen LogP contribution in [0.2, 0.25) is 0 Å². The Labute approximate surface area is 117 Å². The van der Waals surface area contributed by atoms with Gasteiger partial charge in [0.1, 0.15) is 0 Å². The van der Waals surface area contributed by atoms with Gasteiger partial charge >= 0.3 is 0 Å². The maximum Gasteiger partial charge on any atom is 0.0722 e. The third kappa shape index (κ3) is 2.54. The SMILES string of the molecule is CCNc1cncc(Nc2cccc3ncccc23)c1. The molecule has 3 aromatic rings. The summed E-state index contributed by atoms with van der Waals surface area (Å²) >= 11 is 0. The molecule has 0 spiro atoms. The van der Waals surface area contributed by atoms with E-state index in [1.807, 2.05) is 42.7 Å². The van der Waals surface area contributed by atoms with Crippen LogP contribution in [0.15, 0.2) is 55.0 Å². The lowest BCUT2D eigenvalue weighted by molar-refractivity contribution is 1.19. The number of nitrogens with zero attached hydrogens (tertiary/aromatic N) is 2. The molecule has 2 aromatic heterocycles. The molecule has 0 atom stereocenters. The number of hydrogen-bond acceptors (Lipinski definition) is 4. The van der Waals surface area contributed by atoms with Crippen molar-refractivity contribution in [3.63, 3.8) is 0 Å². The highest BCUT2D eigenvalue weighted by molar-refractivity contribution is 5.93. The van der Waals surface area contributed by atoms with Gasteiger partial charge in [-0.15, -0.1) is 0 Å². The fraction of sp³-hybridized carbons (Fsp3) is 0.125. The minimum Gasteiger partial charge on any atom is -0.384 e. The smallest absolute Gasteiger partial charge is 0.0722 e. The van der Waals surface area contributed by atoms with Crippen LogP contribution < -0.4 is 10.6 Å². The molecular weight excluding hydrogens is 248 g/mol. The normalized spacial score (nSPS) is 10.4. The van der Waals surface area contributed by atoms with Crippen LogP contribution in [0, 0.1) is 0 Å². The summed E-state index contributed by atoms with van der Waals surface area (Å²) < 4.78 is 0. The summed E-state index contributed by atoms with van der Waals surface area (Å²) in [6.45, 7) is 2.94. The van der Waals surface area contributed by atoms with Crippen LogP contribution in [0.3, 0.4) is 0 Å². The predicted octanol–water partition coefficient (Wildman–Crippen LogP) is 3.81. The number of nitrogens with one attached hydrogen (secondary N) is 2. The Hall–Kier alpha value is -2.62. The van der Waals surface area contributed by atoms with E-state index in [-0.39, 0.29) is 0 Å². The number of rotatable bonds is 4. The average molecular weight is 264 g/mol. The number of anilines is 3. The predicted molar refractivity (Wildman–Crippen MR) is 83.4 cm³/mol. The van der Waals surface area contributed by atoms with E-state index >= 15 is 0 Å². The lowest BCUT2D eigenvalue weighted by Gasteiger charge is -2.10. The first-order valence-electron chi connectivity index (χ1n) is 6.66. The van der Waals surface area contributed by atoms with Gasteiger partial charge in [0.05, 0.1) is 29.3 Å². The van der Waals surface area contributed by atoms with Crippen LogP contribution in [0.1, 0.15) is 6.92 Å². The molecule has 0 fully saturated rings. The van der Waals surface area contributed by atoms with Gasteiger partial charge in [0.25, 0.3) is 0 Å². The molecule has 0 bridgehead atoms. The summed E-state index contributed by atoms with van der Waals surface area (Å²) in [5.74, 6) is 0. The van der Waals surface area contributed by atoms with Crippen molar-refractivity contribution in [1.82, 2.24) is 9.97 Å². The lowest BCUT2D eigenvalue weighted by Crippen LogP contribution is -1.99. The fourth-order valence-electron chi connectivity index (χ4n) is 2.18. The van der Waals surface area contributed by atoms with E-state index in [4.69, 9.17) is 0 Å². The third-order valence-electron chi connectivity index (χ3n) is 3.04. The van der Waals surface area contributed by atoms with Crippen molar-refractivity contribution in [2.24, 2.45) is 0 Å². The molecule has 1 aromatic carbocycles. The van der Waals surface area contributed by atoms with Crippen LogP contribution >= 0.6 is 0 Å². The van der Waals surface area contributed by atoms with Gasteiger partial charge in [0.2, 0.25) is 0 Å². The minimum absolute atomic E-state index is 0.878. The molecule has 4 heteroatoms. The van der Waals surface area contributed by atoms with E-state index < -0.39 is 0 Å². The van der Waals surface area contributed by atoms with Crippen LogP contribution in [-0.2, 0) is 0 Å². The second kappa shape index (κ2) is 5.57. The van der Waals surface area contributed by atoms with Crippen LogP contribution in [0.4, 0.5) is 17.1 Å². The van der Waals surface area contributed by atoms with E-state index in [1.54, 1.807) is 6.20 Å². The molecule has 20 heavy (non-hydrogen) atoms. The molecule has 0 unspecified atom stereocenters. The third-order valence-corrected chi connectivity index (χ3v) is 3.04. The lowest BCUT2D eigenvalue weighted by atomic mass is 10.2. The van der Waals surface area contributed by atoms with Crippen LogP contribution in [0.25, 0.3) is 10.9 Å². The molecule has 0 aliphatic rings. The van der Waals surface area contributed by atoms with Gasteiger partial charge in [0, 0.05) is 23.8 Å². The number of hydrogen-bond donors (Lipinski definition) is 2. The Morgan fingerprint density at radius 3 is 2.85 bits per heavy atom. The second-order valence-electron chi connectivity index (χ2n) is 4.49. The number of pyridine rings is 2. The standard InChI is InChI=1S/C16H16N4/c1-2-18-12-9-13(11-17-10-12)20-16-7-3-6-15-14(16)5-4-8-19-15/h3-11,18,20H,2H2,1H3. The van der Waals surface area contributed by atoms with E-state index in [9.17, 15) is 0 Å². The van der Waals surface area contributed by atoms with Gasteiger partial charge in [-0.1, -0.05) is 6.07 Å². The molecule has 0 radical (unpaired) electrons. The molecule has 0 aliphatic carbocycles. The molecule has 0 saturated heterocycles. The Kier molecular flexibility index (Phi) is 3.46. The van der Waals surface area contributed by atoms with Crippen molar-refractivity contribution in [1.29, 1.82) is 0 Å². The first-order valence-corrected chi connectivity index (χ1v) is 6.66. The zero-order valence-electron chi connectivity index (χ0n) is 11.3. The minimum atomic E-state index is 0.878. The summed E-state index contributed by atoms with van der Waals surface area (Å²) in [5, 5.41) is 7.76. The molecule has 2 heterocycles. The van der Waals surface area contributed by atoms with Gasteiger partial charge in [-0.25, -0.2) is 0 Å². The van der Waals surface area contributed by atoms with Crippen molar-refractivity contribution in [2.75, 3.05) is 17.2 Å². The highest BCUT2D eigenvalue weighted by atomic mass is 14.9. The number of benzene rings is 1. The van der Waals surface area contributed by atoms with Gasteiger partial charge in [0.15, 0.2) is 0 Å².